The van der Waals surface area contributed by atoms with Crippen molar-refractivity contribution in [2.45, 2.75) is 9.37 Å². The van der Waals surface area contributed by atoms with Gasteiger partial charge in [0, 0.05) is 14.1 Å². The van der Waals surface area contributed by atoms with E-state index in [-0.39, 0.29) is 16.7 Å². The summed E-state index contributed by atoms with van der Waals surface area (Å²) in [5.41, 5.74) is 5.23. The molecular formula is C8H9N7O2S2. The molecule has 2 rings (SSSR count). The monoisotopic (exact) mass is 299 g/mol. The minimum Gasteiger partial charge on any atom is -0.368 e. The molecule has 0 amide bonds. The highest BCUT2D eigenvalue weighted by molar-refractivity contribution is 8.01. The van der Waals surface area contributed by atoms with Gasteiger partial charge in [0.1, 0.15) is 6.20 Å². The van der Waals surface area contributed by atoms with Crippen LogP contribution in [0.3, 0.4) is 0 Å². The molecule has 11 heteroatoms. The van der Waals surface area contributed by atoms with Crippen molar-refractivity contribution in [2.24, 2.45) is 0 Å². The van der Waals surface area contributed by atoms with Gasteiger partial charge in [0.15, 0.2) is 9.37 Å². The normalized spacial score (nSPS) is 10.4. The number of aromatic nitrogens is 4. The molecule has 100 valence electrons. The van der Waals surface area contributed by atoms with Crippen molar-refractivity contribution in [3.05, 3.63) is 16.3 Å². The highest BCUT2D eigenvalue weighted by Crippen LogP contribution is 2.36. The summed E-state index contributed by atoms with van der Waals surface area (Å²) in [7, 11) is 3.67. The maximum absolute atomic E-state index is 10.9. The van der Waals surface area contributed by atoms with Crippen molar-refractivity contribution in [1.29, 1.82) is 0 Å². The molecule has 2 heterocycles. The van der Waals surface area contributed by atoms with Gasteiger partial charge in [-0.2, -0.15) is 4.98 Å². The predicted octanol–water partition coefficient (Wildman–Crippen LogP) is 1.04. The van der Waals surface area contributed by atoms with Crippen LogP contribution in [-0.4, -0.2) is 39.2 Å². The van der Waals surface area contributed by atoms with E-state index in [1.165, 1.54) is 11.3 Å². The molecule has 0 spiro atoms. The molecule has 0 bridgehead atoms. The Bertz CT molecular complexity index is 615. The van der Waals surface area contributed by atoms with Crippen LogP contribution >= 0.6 is 23.1 Å². The lowest BCUT2D eigenvalue weighted by Crippen LogP contribution is -2.07. The van der Waals surface area contributed by atoms with Crippen LogP contribution in [-0.2, 0) is 0 Å². The van der Waals surface area contributed by atoms with E-state index in [0.29, 0.717) is 9.47 Å². The SMILES string of the molecule is CN(C)c1nnc(Sc2nc(N)ncc2[N+](=O)[O-])s1. The molecule has 2 N–H and O–H groups in total. The third-order valence-electron chi connectivity index (χ3n) is 1.91. The Morgan fingerprint density at radius 1 is 1.47 bits per heavy atom. The molecule has 19 heavy (non-hydrogen) atoms. The minimum absolute atomic E-state index is 0.0227. The van der Waals surface area contributed by atoms with Crippen LogP contribution in [0.25, 0.3) is 0 Å². The Hall–Kier alpha value is -2.01. The molecule has 9 nitrogen and oxygen atoms in total. The number of nitro groups is 1. The van der Waals surface area contributed by atoms with E-state index in [1.807, 2.05) is 14.1 Å². The fourth-order valence-electron chi connectivity index (χ4n) is 1.08. The first-order valence-electron chi connectivity index (χ1n) is 4.93. The van der Waals surface area contributed by atoms with Gasteiger partial charge >= 0.3 is 5.69 Å². The minimum atomic E-state index is -0.560. The number of nitrogens with two attached hydrogens (primary N) is 1. The lowest BCUT2D eigenvalue weighted by atomic mass is 10.5. The zero-order chi connectivity index (χ0) is 14.0. The Labute approximate surface area is 116 Å². The van der Waals surface area contributed by atoms with Crippen LogP contribution < -0.4 is 10.6 Å². The van der Waals surface area contributed by atoms with Crippen LogP contribution in [0.5, 0.6) is 0 Å². The molecule has 0 fully saturated rings. The van der Waals surface area contributed by atoms with Crippen LogP contribution in [0.1, 0.15) is 0 Å². The third-order valence-corrected chi connectivity index (χ3v) is 4.05. The smallest absolute Gasteiger partial charge is 0.320 e. The van der Waals surface area contributed by atoms with Crippen molar-refractivity contribution in [2.75, 3.05) is 24.7 Å². The average Bonchev–Trinajstić information content (AvgIpc) is 2.77. The molecule has 0 aliphatic rings. The second-order valence-corrected chi connectivity index (χ2v) is 5.71. The van der Waals surface area contributed by atoms with Gasteiger partial charge in [-0.05, 0) is 11.8 Å². The van der Waals surface area contributed by atoms with Gasteiger partial charge in [0.2, 0.25) is 11.1 Å². The summed E-state index contributed by atoms with van der Waals surface area (Å²) < 4.78 is 0.546. The molecule has 0 aliphatic carbocycles. The lowest BCUT2D eigenvalue weighted by Gasteiger charge is -2.03. The Kier molecular flexibility index (Phi) is 3.76. The second-order valence-electron chi connectivity index (χ2n) is 3.52. The number of rotatable bonds is 4. The van der Waals surface area contributed by atoms with E-state index in [0.717, 1.165) is 18.0 Å². The molecule has 0 aromatic carbocycles. The maximum Gasteiger partial charge on any atom is 0.320 e. The number of anilines is 2. The zero-order valence-corrected chi connectivity index (χ0v) is 11.6. The van der Waals surface area contributed by atoms with Crippen molar-refractivity contribution >= 4 is 39.9 Å². The third kappa shape index (κ3) is 3.06. The van der Waals surface area contributed by atoms with Crippen molar-refractivity contribution in [3.8, 4) is 0 Å². The van der Waals surface area contributed by atoms with Gasteiger partial charge in [-0.3, -0.25) is 10.1 Å². The van der Waals surface area contributed by atoms with E-state index in [1.54, 1.807) is 4.90 Å². The molecule has 0 atom stereocenters. The summed E-state index contributed by atoms with van der Waals surface area (Å²) in [6.45, 7) is 0. The first-order valence-corrected chi connectivity index (χ1v) is 6.56. The highest BCUT2D eigenvalue weighted by Gasteiger charge is 2.20. The van der Waals surface area contributed by atoms with Crippen LogP contribution in [0.2, 0.25) is 0 Å². The average molecular weight is 299 g/mol. The molecule has 2 aromatic heterocycles. The summed E-state index contributed by atoms with van der Waals surface area (Å²) in [6, 6.07) is 0. The quantitative estimate of drug-likeness (QED) is 0.500. The highest BCUT2D eigenvalue weighted by atomic mass is 32.2. The molecule has 0 unspecified atom stereocenters. The van der Waals surface area contributed by atoms with Crippen LogP contribution in [0.4, 0.5) is 16.8 Å². The number of nitrogen functional groups attached to an aromatic ring is 1. The maximum atomic E-state index is 10.9. The molecule has 0 saturated carbocycles. The van der Waals surface area contributed by atoms with Crippen LogP contribution in [0, 0.1) is 10.1 Å². The number of hydrogen-bond donors (Lipinski definition) is 1. The Morgan fingerprint density at radius 3 is 2.79 bits per heavy atom. The first kappa shape index (κ1) is 13.4. The van der Waals surface area contributed by atoms with Gasteiger partial charge in [-0.1, -0.05) is 11.3 Å². The summed E-state index contributed by atoms with van der Waals surface area (Å²) in [5.74, 6) is -0.0227. The Morgan fingerprint density at radius 2 is 2.21 bits per heavy atom. The summed E-state index contributed by atoms with van der Waals surface area (Å²) in [4.78, 5) is 19.6. The Balaban J connectivity index is 2.31. The van der Waals surface area contributed by atoms with Gasteiger partial charge in [-0.15, -0.1) is 10.2 Å². The molecular weight excluding hydrogens is 290 g/mol. The zero-order valence-electron chi connectivity index (χ0n) is 9.97. The summed E-state index contributed by atoms with van der Waals surface area (Å²) >= 11 is 2.35. The van der Waals surface area contributed by atoms with Gasteiger partial charge in [-0.25, -0.2) is 4.98 Å². The van der Waals surface area contributed by atoms with E-state index in [2.05, 4.69) is 20.2 Å². The lowest BCUT2D eigenvalue weighted by molar-refractivity contribution is -0.388. The van der Waals surface area contributed by atoms with E-state index < -0.39 is 4.92 Å². The second kappa shape index (κ2) is 5.32. The van der Waals surface area contributed by atoms with E-state index in [9.17, 15) is 10.1 Å². The van der Waals surface area contributed by atoms with Crippen LogP contribution in [0.15, 0.2) is 15.6 Å². The largest absolute Gasteiger partial charge is 0.368 e. The van der Waals surface area contributed by atoms with Crippen molar-refractivity contribution in [1.82, 2.24) is 20.2 Å². The van der Waals surface area contributed by atoms with Crippen molar-refractivity contribution in [3.63, 3.8) is 0 Å². The van der Waals surface area contributed by atoms with Gasteiger partial charge in [0.05, 0.1) is 4.92 Å². The fourth-order valence-corrected chi connectivity index (χ4v) is 2.83. The topological polar surface area (TPSA) is 124 Å². The molecule has 2 aromatic rings. The van der Waals surface area contributed by atoms with E-state index >= 15 is 0 Å². The fraction of sp³-hybridized carbons (Fsp3) is 0.250. The van der Waals surface area contributed by atoms with Gasteiger partial charge < -0.3 is 10.6 Å². The summed E-state index contributed by atoms with van der Waals surface area (Å²) in [5, 5.41) is 19.6. The molecule has 0 aliphatic heterocycles. The van der Waals surface area contributed by atoms with Crippen molar-refractivity contribution < 1.29 is 4.92 Å². The standard InChI is InChI=1S/C8H9N7O2S2/c1-14(2)7-12-13-8(19-7)18-5-4(15(16)17)3-10-6(9)11-5/h3H,1-2H3,(H2,9,10,11). The first-order chi connectivity index (χ1) is 8.97. The van der Waals surface area contributed by atoms with Gasteiger partial charge in [0.25, 0.3) is 0 Å². The molecule has 0 radical (unpaired) electrons. The summed E-state index contributed by atoms with van der Waals surface area (Å²) in [6.07, 6.45) is 1.08. The predicted molar refractivity (Wildman–Crippen MR) is 71.5 cm³/mol. The number of hydrogen-bond acceptors (Lipinski definition) is 10. The number of nitrogens with zero attached hydrogens (tertiary/aromatic N) is 6. The van der Waals surface area contributed by atoms with E-state index in [4.69, 9.17) is 5.73 Å². The molecule has 0 saturated heterocycles.